The minimum Gasteiger partial charge on any atom is -0.388 e. The maximum Gasteiger partial charge on any atom is 0.272 e. The number of nitrogens with one attached hydrogen (secondary N) is 1. The van der Waals surface area contributed by atoms with Gasteiger partial charge in [0.15, 0.2) is 0 Å². The second-order valence-electron chi connectivity index (χ2n) is 7.81. The van der Waals surface area contributed by atoms with Gasteiger partial charge in [0.05, 0.1) is 23.4 Å². The highest BCUT2D eigenvalue weighted by molar-refractivity contribution is 6.20. The van der Waals surface area contributed by atoms with Crippen molar-refractivity contribution in [3.05, 3.63) is 102 Å². The Morgan fingerprint density at radius 2 is 1.56 bits per heavy atom. The fourth-order valence-corrected chi connectivity index (χ4v) is 3.79. The third-order valence-corrected chi connectivity index (χ3v) is 5.70. The summed E-state index contributed by atoms with van der Waals surface area (Å²) in [7, 11) is 1.67. The van der Waals surface area contributed by atoms with Gasteiger partial charge in [0.2, 0.25) is 12.1 Å². The average Bonchev–Trinajstić information content (AvgIpc) is 2.95. The summed E-state index contributed by atoms with van der Waals surface area (Å²) >= 11 is 0. The molecule has 1 heterocycles. The summed E-state index contributed by atoms with van der Waals surface area (Å²) in [5.41, 5.74) is 3.64. The van der Waals surface area contributed by atoms with E-state index in [9.17, 15) is 14.7 Å². The third-order valence-electron chi connectivity index (χ3n) is 5.70. The van der Waals surface area contributed by atoms with Crippen molar-refractivity contribution in [1.82, 2.24) is 5.32 Å². The molecule has 2 amide bonds. The maximum absolute atomic E-state index is 13.2. The van der Waals surface area contributed by atoms with E-state index < -0.39 is 24.1 Å². The van der Waals surface area contributed by atoms with Gasteiger partial charge < -0.3 is 15.3 Å². The van der Waals surface area contributed by atoms with E-state index in [1.54, 1.807) is 38.2 Å². The summed E-state index contributed by atoms with van der Waals surface area (Å²) < 4.78 is 0. The van der Waals surface area contributed by atoms with Gasteiger partial charge in [0.1, 0.15) is 0 Å². The number of aliphatic imine (C=N–C) groups is 1. The summed E-state index contributed by atoms with van der Waals surface area (Å²) in [6.45, 7) is 1.63. The average molecular weight is 428 g/mol. The predicted octanol–water partition coefficient (Wildman–Crippen LogP) is 3.31. The molecule has 3 aromatic rings. The van der Waals surface area contributed by atoms with Crippen molar-refractivity contribution in [2.75, 3.05) is 11.9 Å². The number of hydrogen-bond acceptors (Lipinski definition) is 4. The summed E-state index contributed by atoms with van der Waals surface area (Å²) in [4.78, 5) is 32.4. The van der Waals surface area contributed by atoms with Gasteiger partial charge >= 0.3 is 0 Å². The molecule has 162 valence electrons. The Bertz CT molecular complexity index is 1150. The molecule has 0 fully saturated rings. The van der Waals surface area contributed by atoms with Gasteiger partial charge in [-0.05, 0) is 11.6 Å². The molecule has 0 saturated carbocycles. The lowest BCUT2D eigenvalue weighted by Gasteiger charge is -2.23. The van der Waals surface area contributed by atoms with Gasteiger partial charge in [0, 0.05) is 18.2 Å². The second-order valence-corrected chi connectivity index (χ2v) is 7.81. The monoisotopic (exact) mass is 427 g/mol. The lowest BCUT2D eigenvalue weighted by molar-refractivity contribution is -0.132. The standard InChI is InChI=1S/C26H25N3O3/c1-17(23(30)19-13-7-4-8-14-19)25(31)28-24-26(32)29(2)21-16-10-9-15-20(21)22(27-24)18-11-5-3-6-12-18/h3-17,23-24,30H,1-2H3,(H,28,31). The molecular formula is C26H25N3O3. The topological polar surface area (TPSA) is 82.0 Å². The van der Waals surface area contributed by atoms with Gasteiger partial charge in [-0.25, -0.2) is 4.99 Å². The minimum atomic E-state index is -1.11. The molecule has 3 aromatic carbocycles. The van der Waals surface area contributed by atoms with E-state index in [0.717, 1.165) is 11.1 Å². The Morgan fingerprint density at radius 3 is 2.25 bits per heavy atom. The SMILES string of the molecule is CC(C(=O)NC1N=C(c2ccccc2)c2ccccc2N(C)C1=O)C(O)c1ccccc1. The molecule has 3 unspecified atom stereocenters. The smallest absolute Gasteiger partial charge is 0.272 e. The first-order chi connectivity index (χ1) is 15.5. The molecule has 6 nitrogen and oxygen atoms in total. The first-order valence-corrected chi connectivity index (χ1v) is 10.5. The van der Waals surface area contributed by atoms with Crippen LogP contribution in [0.3, 0.4) is 0 Å². The number of carbonyl (C=O) groups is 2. The van der Waals surface area contributed by atoms with E-state index in [1.807, 2.05) is 60.7 Å². The van der Waals surface area contributed by atoms with Crippen LogP contribution >= 0.6 is 0 Å². The summed E-state index contributed by atoms with van der Waals surface area (Å²) in [5.74, 6) is -1.56. The first-order valence-electron chi connectivity index (χ1n) is 10.5. The van der Waals surface area contributed by atoms with E-state index in [-0.39, 0.29) is 5.91 Å². The maximum atomic E-state index is 13.2. The number of benzene rings is 3. The van der Waals surface area contributed by atoms with Crippen molar-refractivity contribution in [1.29, 1.82) is 0 Å². The Hall–Kier alpha value is -3.77. The number of rotatable bonds is 5. The molecular weight excluding hydrogens is 402 g/mol. The van der Waals surface area contributed by atoms with Crippen molar-refractivity contribution >= 4 is 23.2 Å². The fourth-order valence-electron chi connectivity index (χ4n) is 3.79. The molecule has 0 aromatic heterocycles. The fraction of sp³-hybridized carbons (Fsp3) is 0.192. The van der Waals surface area contributed by atoms with Crippen molar-refractivity contribution < 1.29 is 14.7 Å². The molecule has 4 rings (SSSR count). The third kappa shape index (κ3) is 4.18. The number of anilines is 1. The van der Waals surface area contributed by atoms with Gasteiger partial charge in [-0.1, -0.05) is 85.8 Å². The molecule has 32 heavy (non-hydrogen) atoms. The van der Waals surface area contributed by atoms with Gasteiger partial charge in [-0.3, -0.25) is 9.59 Å². The number of aliphatic hydroxyl groups is 1. The molecule has 0 spiro atoms. The highest BCUT2D eigenvalue weighted by Gasteiger charge is 2.33. The highest BCUT2D eigenvalue weighted by Crippen LogP contribution is 2.28. The van der Waals surface area contributed by atoms with Crippen LogP contribution in [0.1, 0.15) is 29.7 Å². The Labute approximate surface area is 187 Å². The highest BCUT2D eigenvalue weighted by atomic mass is 16.3. The Morgan fingerprint density at radius 1 is 0.969 bits per heavy atom. The molecule has 6 heteroatoms. The summed E-state index contributed by atoms with van der Waals surface area (Å²) in [5, 5.41) is 13.4. The number of nitrogens with zero attached hydrogens (tertiary/aromatic N) is 2. The van der Waals surface area contributed by atoms with Crippen molar-refractivity contribution in [3.63, 3.8) is 0 Å². The Kier molecular flexibility index (Phi) is 6.14. The van der Waals surface area contributed by atoms with E-state index in [0.29, 0.717) is 17.0 Å². The normalized spacial score (nSPS) is 17.6. The zero-order valence-electron chi connectivity index (χ0n) is 18.0. The van der Waals surface area contributed by atoms with Crippen LogP contribution in [0.15, 0.2) is 89.9 Å². The minimum absolute atomic E-state index is 0.349. The molecule has 1 aliphatic heterocycles. The van der Waals surface area contributed by atoms with Crippen LogP contribution < -0.4 is 10.2 Å². The van der Waals surface area contributed by atoms with Gasteiger partial charge in [0.25, 0.3) is 5.91 Å². The van der Waals surface area contributed by atoms with Crippen LogP contribution in [0.2, 0.25) is 0 Å². The number of aliphatic hydroxyl groups excluding tert-OH is 1. The molecule has 0 bridgehead atoms. The molecule has 0 radical (unpaired) electrons. The second kappa shape index (κ2) is 9.16. The van der Waals surface area contributed by atoms with Crippen molar-refractivity contribution in [2.24, 2.45) is 10.9 Å². The van der Waals surface area contributed by atoms with Crippen LogP contribution in [0.25, 0.3) is 0 Å². The van der Waals surface area contributed by atoms with E-state index in [2.05, 4.69) is 10.3 Å². The first kappa shape index (κ1) is 21.5. The number of likely N-dealkylation sites (N-methyl/N-ethyl adjacent to an activating group) is 1. The van der Waals surface area contributed by atoms with Crippen LogP contribution in [0.5, 0.6) is 0 Å². The number of para-hydroxylation sites is 1. The quantitative estimate of drug-likeness (QED) is 0.655. The van der Waals surface area contributed by atoms with Gasteiger partial charge in [-0.15, -0.1) is 0 Å². The molecule has 0 aliphatic carbocycles. The lowest BCUT2D eigenvalue weighted by Crippen LogP contribution is -2.48. The zero-order chi connectivity index (χ0) is 22.7. The number of amides is 2. The van der Waals surface area contributed by atoms with Crippen molar-refractivity contribution in [3.8, 4) is 0 Å². The zero-order valence-corrected chi connectivity index (χ0v) is 18.0. The van der Waals surface area contributed by atoms with Crippen LogP contribution in [0.4, 0.5) is 5.69 Å². The van der Waals surface area contributed by atoms with Gasteiger partial charge in [-0.2, -0.15) is 0 Å². The van der Waals surface area contributed by atoms with E-state index >= 15 is 0 Å². The largest absolute Gasteiger partial charge is 0.388 e. The number of benzodiazepines with no additional fused rings is 1. The molecule has 0 saturated heterocycles. The van der Waals surface area contributed by atoms with Crippen LogP contribution in [-0.2, 0) is 9.59 Å². The predicted molar refractivity (Wildman–Crippen MR) is 124 cm³/mol. The van der Waals surface area contributed by atoms with Crippen LogP contribution in [-0.4, -0.2) is 35.8 Å². The lowest BCUT2D eigenvalue weighted by atomic mass is 9.96. The molecule has 2 N–H and O–H groups in total. The van der Waals surface area contributed by atoms with Crippen molar-refractivity contribution in [2.45, 2.75) is 19.2 Å². The van der Waals surface area contributed by atoms with E-state index in [4.69, 9.17) is 0 Å². The number of hydrogen-bond donors (Lipinski definition) is 2. The number of fused-ring (bicyclic) bond motifs is 1. The van der Waals surface area contributed by atoms with Crippen LogP contribution in [0, 0.1) is 5.92 Å². The molecule has 1 aliphatic rings. The summed E-state index contributed by atoms with van der Waals surface area (Å²) in [6, 6.07) is 26.1. The van der Waals surface area contributed by atoms with E-state index in [1.165, 1.54) is 4.90 Å². The Balaban J connectivity index is 1.67. The number of carbonyl (C=O) groups excluding carboxylic acids is 2. The molecule has 3 atom stereocenters. The summed E-state index contributed by atoms with van der Waals surface area (Å²) in [6.07, 6.45) is -2.11.